The maximum absolute atomic E-state index is 10.5. The number of fused-ring (bicyclic) bond motifs is 1. The van der Waals surface area contributed by atoms with Crippen LogP contribution in [0.4, 0.5) is 0 Å². The Kier molecular flexibility index (Phi) is 5.98. The van der Waals surface area contributed by atoms with Crippen molar-refractivity contribution in [2.75, 3.05) is 32.8 Å². The molecule has 4 rings (SSSR count). The van der Waals surface area contributed by atoms with Gasteiger partial charge in [-0.05, 0) is 5.56 Å². The monoisotopic (exact) mass is 385 g/mol. The van der Waals surface area contributed by atoms with Gasteiger partial charge in [0.1, 0.15) is 16.9 Å². The smallest absolute Gasteiger partial charge is 0.164 e. The van der Waals surface area contributed by atoms with Crippen molar-refractivity contribution in [2.45, 2.75) is 23.4 Å². The molecule has 0 aliphatic carbocycles. The number of hydrogen-bond acceptors (Lipinski definition) is 7. The van der Waals surface area contributed by atoms with E-state index < -0.39 is 6.10 Å². The van der Waals surface area contributed by atoms with Crippen LogP contribution in [0, 0.1) is 0 Å². The highest BCUT2D eigenvalue weighted by molar-refractivity contribution is 7.98. The number of aliphatic hydroxyl groups is 1. The van der Waals surface area contributed by atoms with E-state index in [4.69, 9.17) is 4.74 Å². The Hall–Kier alpha value is -2.00. The van der Waals surface area contributed by atoms with Gasteiger partial charge in [-0.15, -0.1) is 0 Å². The molecule has 7 nitrogen and oxygen atoms in total. The summed E-state index contributed by atoms with van der Waals surface area (Å²) in [6.07, 6.45) is 2.84. The van der Waals surface area contributed by atoms with Crippen LogP contribution in [0.5, 0.6) is 0 Å². The number of β-amino-alcohol motifs (C(OH)–C–C–N with tert-alkyl or cyclic N) is 1. The van der Waals surface area contributed by atoms with Gasteiger partial charge in [0.05, 0.1) is 32.2 Å². The molecule has 1 aliphatic rings. The molecule has 0 unspecified atom stereocenters. The molecule has 1 atom stereocenters. The molecule has 1 aromatic carbocycles. The van der Waals surface area contributed by atoms with Crippen LogP contribution < -0.4 is 0 Å². The van der Waals surface area contributed by atoms with Gasteiger partial charge in [0.15, 0.2) is 5.65 Å². The van der Waals surface area contributed by atoms with Crippen molar-refractivity contribution < 1.29 is 9.84 Å². The Balaban J connectivity index is 1.43. The van der Waals surface area contributed by atoms with E-state index in [0.717, 1.165) is 48.2 Å². The highest BCUT2D eigenvalue weighted by Gasteiger charge is 2.17. The van der Waals surface area contributed by atoms with Gasteiger partial charge in [-0.2, -0.15) is 0 Å². The quantitative estimate of drug-likeness (QED) is 0.491. The Bertz CT molecular complexity index is 867. The first-order valence-electron chi connectivity index (χ1n) is 9.10. The highest BCUT2D eigenvalue weighted by Crippen LogP contribution is 2.26. The normalized spacial score (nSPS) is 16.6. The lowest BCUT2D eigenvalue weighted by Gasteiger charge is -2.28. The summed E-state index contributed by atoms with van der Waals surface area (Å²) in [6, 6.07) is 10.3. The van der Waals surface area contributed by atoms with E-state index in [9.17, 15) is 5.11 Å². The number of nitrogens with zero attached hydrogens (tertiary/aromatic N) is 5. The SMILES string of the molecule is O[C@H](CN1CCOCC1)Cn1cnc2c(SCc3ccccc3)ncnc21. The van der Waals surface area contributed by atoms with E-state index >= 15 is 0 Å². The Morgan fingerprint density at radius 3 is 2.70 bits per heavy atom. The summed E-state index contributed by atoms with van der Waals surface area (Å²) in [7, 11) is 0. The molecule has 0 radical (unpaired) electrons. The van der Waals surface area contributed by atoms with Gasteiger partial charge < -0.3 is 14.4 Å². The number of thioether (sulfide) groups is 1. The zero-order chi connectivity index (χ0) is 18.5. The van der Waals surface area contributed by atoms with Gasteiger partial charge in [-0.1, -0.05) is 42.1 Å². The number of hydrogen-bond donors (Lipinski definition) is 1. The molecule has 0 bridgehead atoms. The van der Waals surface area contributed by atoms with Crippen molar-refractivity contribution in [3.8, 4) is 0 Å². The second-order valence-corrected chi connectivity index (χ2v) is 7.55. The maximum Gasteiger partial charge on any atom is 0.164 e. The summed E-state index contributed by atoms with van der Waals surface area (Å²) < 4.78 is 7.27. The zero-order valence-electron chi connectivity index (χ0n) is 15.1. The summed E-state index contributed by atoms with van der Waals surface area (Å²) in [5, 5.41) is 11.3. The van der Waals surface area contributed by atoms with Crippen molar-refractivity contribution in [1.82, 2.24) is 24.4 Å². The fourth-order valence-electron chi connectivity index (χ4n) is 3.19. The summed E-state index contributed by atoms with van der Waals surface area (Å²) in [5.74, 6) is 0.833. The Morgan fingerprint density at radius 1 is 1.07 bits per heavy atom. The molecule has 142 valence electrons. The molecule has 8 heteroatoms. The number of aromatic nitrogens is 4. The number of morpholine rings is 1. The van der Waals surface area contributed by atoms with Crippen molar-refractivity contribution in [2.24, 2.45) is 0 Å². The summed E-state index contributed by atoms with van der Waals surface area (Å²) in [5.41, 5.74) is 2.80. The standard InChI is InChI=1S/C19H23N5O2S/c25-16(10-23-6-8-26-9-7-23)11-24-14-22-17-18(24)20-13-21-19(17)27-12-15-4-2-1-3-5-15/h1-5,13-14,16,25H,6-12H2/t16-/m1/s1. The van der Waals surface area contributed by atoms with Crippen molar-refractivity contribution in [1.29, 1.82) is 0 Å². The molecule has 1 fully saturated rings. The van der Waals surface area contributed by atoms with Crippen LogP contribution in [0.15, 0.2) is 48.0 Å². The molecule has 1 saturated heterocycles. The molecule has 0 amide bonds. The first kappa shape index (κ1) is 18.4. The first-order chi connectivity index (χ1) is 13.3. The summed E-state index contributed by atoms with van der Waals surface area (Å²) in [4.78, 5) is 15.5. The van der Waals surface area contributed by atoms with Crippen molar-refractivity contribution in [3.63, 3.8) is 0 Å². The predicted octanol–water partition coefficient (Wildman–Crippen LogP) is 1.81. The number of imidazole rings is 1. The van der Waals surface area contributed by atoms with Crippen LogP contribution in [0.1, 0.15) is 5.56 Å². The average molecular weight is 385 g/mol. The van der Waals surface area contributed by atoms with Crippen molar-refractivity contribution in [3.05, 3.63) is 48.5 Å². The molecule has 2 aromatic heterocycles. The molecule has 1 aliphatic heterocycles. The van der Waals surface area contributed by atoms with Gasteiger partial charge >= 0.3 is 0 Å². The summed E-state index contributed by atoms with van der Waals surface area (Å²) >= 11 is 1.65. The Labute approximate surface area is 162 Å². The van der Waals surface area contributed by atoms with E-state index in [1.54, 1.807) is 24.4 Å². The lowest BCUT2D eigenvalue weighted by molar-refractivity contribution is 0.0117. The fourth-order valence-corrected chi connectivity index (χ4v) is 4.09. The third-order valence-electron chi connectivity index (χ3n) is 4.57. The average Bonchev–Trinajstić information content (AvgIpc) is 3.11. The third kappa shape index (κ3) is 4.65. The minimum Gasteiger partial charge on any atom is -0.390 e. The number of aliphatic hydroxyl groups excluding tert-OH is 1. The molecule has 3 aromatic rings. The molecule has 0 saturated carbocycles. The molecule has 27 heavy (non-hydrogen) atoms. The van der Waals surface area contributed by atoms with E-state index in [1.807, 2.05) is 22.8 Å². The van der Waals surface area contributed by atoms with E-state index in [0.29, 0.717) is 13.1 Å². The molecular weight excluding hydrogens is 362 g/mol. The van der Waals surface area contributed by atoms with E-state index in [1.165, 1.54) is 5.56 Å². The number of ether oxygens (including phenoxy) is 1. The maximum atomic E-state index is 10.5. The minimum atomic E-state index is -0.476. The topological polar surface area (TPSA) is 76.3 Å². The van der Waals surface area contributed by atoms with Gasteiger partial charge in [0.25, 0.3) is 0 Å². The van der Waals surface area contributed by atoms with Gasteiger partial charge in [0.2, 0.25) is 0 Å². The van der Waals surface area contributed by atoms with Crippen LogP contribution >= 0.6 is 11.8 Å². The van der Waals surface area contributed by atoms with Crippen LogP contribution in [0.25, 0.3) is 11.2 Å². The second kappa shape index (κ2) is 8.79. The predicted molar refractivity (Wildman–Crippen MR) is 105 cm³/mol. The molecule has 1 N–H and O–H groups in total. The molecule has 3 heterocycles. The van der Waals surface area contributed by atoms with Crippen LogP contribution in [-0.4, -0.2) is 68.5 Å². The van der Waals surface area contributed by atoms with Gasteiger partial charge in [0, 0.05) is 25.4 Å². The summed E-state index contributed by atoms with van der Waals surface area (Å²) in [6.45, 7) is 4.29. The number of benzene rings is 1. The highest BCUT2D eigenvalue weighted by atomic mass is 32.2. The third-order valence-corrected chi connectivity index (χ3v) is 5.62. The lowest BCUT2D eigenvalue weighted by atomic mass is 10.2. The van der Waals surface area contributed by atoms with Gasteiger partial charge in [-0.3, -0.25) is 4.90 Å². The first-order valence-corrected chi connectivity index (χ1v) is 10.1. The zero-order valence-corrected chi connectivity index (χ0v) is 15.9. The fraction of sp³-hybridized carbons (Fsp3) is 0.421. The van der Waals surface area contributed by atoms with E-state index in [2.05, 4.69) is 32.0 Å². The largest absolute Gasteiger partial charge is 0.390 e. The molecular formula is C19H23N5O2S. The van der Waals surface area contributed by atoms with Crippen LogP contribution in [0.2, 0.25) is 0 Å². The van der Waals surface area contributed by atoms with Gasteiger partial charge in [-0.25, -0.2) is 15.0 Å². The van der Waals surface area contributed by atoms with Crippen molar-refractivity contribution >= 4 is 22.9 Å². The lowest BCUT2D eigenvalue weighted by Crippen LogP contribution is -2.41. The van der Waals surface area contributed by atoms with Crippen LogP contribution in [0.3, 0.4) is 0 Å². The van der Waals surface area contributed by atoms with E-state index in [-0.39, 0.29) is 0 Å². The number of rotatable bonds is 7. The molecule has 0 spiro atoms. The second-order valence-electron chi connectivity index (χ2n) is 6.59. The van der Waals surface area contributed by atoms with Crippen LogP contribution in [-0.2, 0) is 17.0 Å². The Morgan fingerprint density at radius 2 is 1.89 bits per heavy atom. The minimum absolute atomic E-state index is 0.466.